The summed E-state index contributed by atoms with van der Waals surface area (Å²) < 4.78 is 62.8. The van der Waals surface area contributed by atoms with Crippen LogP contribution in [-0.2, 0) is 0 Å². The van der Waals surface area contributed by atoms with E-state index < -0.39 is 18.1 Å². The molecule has 0 amide bonds. The lowest BCUT2D eigenvalue weighted by Gasteiger charge is -2.26. The fourth-order valence-corrected chi connectivity index (χ4v) is 2.89. The number of hydrogen-bond donors (Lipinski definition) is 0. The van der Waals surface area contributed by atoms with E-state index in [0.29, 0.717) is 0 Å². The van der Waals surface area contributed by atoms with E-state index in [1.807, 2.05) is 0 Å². The SMILES string of the molecule is Fc1cc(Cl)ccc1Oc1c(Cl)cc(Cl)c2c1C=CC(C(F)(F)F)O2. The molecule has 0 saturated carbocycles. The molecule has 0 radical (unpaired) electrons. The predicted octanol–water partition coefficient (Wildman–Crippen LogP) is 6.91. The summed E-state index contributed by atoms with van der Waals surface area (Å²) in [6, 6.07) is 4.85. The summed E-state index contributed by atoms with van der Waals surface area (Å²) in [6.07, 6.45) is -4.85. The highest BCUT2D eigenvalue weighted by Crippen LogP contribution is 2.47. The topological polar surface area (TPSA) is 18.5 Å². The molecule has 0 aliphatic carbocycles. The smallest absolute Gasteiger partial charge is 0.429 e. The van der Waals surface area contributed by atoms with Gasteiger partial charge in [-0.1, -0.05) is 34.8 Å². The highest BCUT2D eigenvalue weighted by atomic mass is 35.5. The van der Waals surface area contributed by atoms with Gasteiger partial charge in [0.15, 0.2) is 17.3 Å². The molecule has 1 heterocycles. The van der Waals surface area contributed by atoms with Crippen molar-refractivity contribution >= 4 is 40.9 Å². The maximum Gasteiger partial charge on any atom is 0.429 e. The van der Waals surface area contributed by atoms with Crippen LogP contribution in [-0.4, -0.2) is 12.3 Å². The second-order valence-corrected chi connectivity index (χ2v) is 6.28. The van der Waals surface area contributed by atoms with Crippen LogP contribution < -0.4 is 9.47 Å². The minimum absolute atomic E-state index is 0.0168. The number of alkyl halides is 3. The fraction of sp³-hybridized carbons (Fsp3) is 0.125. The molecule has 1 aliphatic rings. The Labute approximate surface area is 154 Å². The van der Waals surface area contributed by atoms with Gasteiger partial charge in [-0.15, -0.1) is 0 Å². The minimum atomic E-state index is -4.61. The normalized spacial score (nSPS) is 16.4. The average molecular weight is 414 g/mol. The van der Waals surface area contributed by atoms with Crippen molar-refractivity contribution in [2.45, 2.75) is 12.3 Å². The molecular weight excluding hydrogens is 407 g/mol. The summed E-state index contributed by atoms with van der Waals surface area (Å²) in [7, 11) is 0. The zero-order valence-corrected chi connectivity index (χ0v) is 14.3. The molecule has 1 unspecified atom stereocenters. The molecule has 0 spiro atoms. The first-order valence-corrected chi connectivity index (χ1v) is 7.86. The molecular formula is C16H7Cl3F4O2. The Hall–Kier alpha value is -1.63. The van der Waals surface area contributed by atoms with Gasteiger partial charge in [0, 0.05) is 5.02 Å². The molecule has 0 saturated heterocycles. The van der Waals surface area contributed by atoms with Crippen LogP contribution in [0.4, 0.5) is 17.6 Å². The van der Waals surface area contributed by atoms with Crippen molar-refractivity contribution in [2.24, 2.45) is 0 Å². The summed E-state index contributed by atoms with van der Waals surface area (Å²) in [6.45, 7) is 0. The Morgan fingerprint density at radius 1 is 1.04 bits per heavy atom. The number of fused-ring (bicyclic) bond motifs is 1. The molecule has 0 fully saturated rings. The summed E-state index contributed by atoms with van der Waals surface area (Å²) in [5.41, 5.74) is 0.0763. The van der Waals surface area contributed by atoms with Crippen LogP contribution >= 0.6 is 34.8 Å². The zero-order valence-electron chi connectivity index (χ0n) is 12.0. The molecule has 3 rings (SSSR count). The summed E-state index contributed by atoms with van der Waals surface area (Å²) >= 11 is 17.7. The van der Waals surface area contributed by atoms with Gasteiger partial charge in [-0.3, -0.25) is 0 Å². The Morgan fingerprint density at radius 2 is 1.76 bits per heavy atom. The van der Waals surface area contributed by atoms with Gasteiger partial charge in [-0.25, -0.2) is 4.39 Å². The van der Waals surface area contributed by atoms with E-state index in [0.717, 1.165) is 24.3 Å². The number of benzene rings is 2. The fourth-order valence-electron chi connectivity index (χ4n) is 2.17. The van der Waals surface area contributed by atoms with E-state index in [1.54, 1.807) is 0 Å². The first-order chi connectivity index (χ1) is 11.7. The van der Waals surface area contributed by atoms with E-state index in [4.69, 9.17) is 44.3 Å². The van der Waals surface area contributed by atoms with Gasteiger partial charge in [0.2, 0.25) is 6.10 Å². The average Bonchev–Trinajstić information content (AvgIpc) is 2.52. The van der Waals surface area contributed by atoms with Crippen LogP contribution in [0.25, 0.3) is 6.08 Å². The molecule has 2 aromatic rings. The standard InChI is InChI=1S/C16H7Cl3F4O2/c17-7-1-3-12(11(20)5-7)24-14-8-2-4-13(16(21,22)23)25-15(8)10(19)6-9(14)18/h1-6,13H. The lowest BCUT2D eigenvalue weighted by Crippen LogP contribution is -2.34. The van der Waals surface area contributed by atoms with Crippen molar-refractivity contribution in [3.63, 3.8) is 0 Å². The van der Waals surface area contributed by atoms with Crippen LogP contribution in [0.5, 0.6) is 17.2 Å². The van der Waals surface area contributed by atoms with Gasteiger partial charge < -0.3 is 9.47 Å². The van der Waals surface area contributed by atoms with Gasteiger partial charge in [-0.05, 0) is 36.4 Å². The Balaban J connectivity index is 2.05. The third-order valence-electron chi connectivity index (χ3n) is 3.29. The van der Waals surface area contributed by atoms with Crippen molar-refractivity contribution in [1.29, 1.82) is 0 Å². The van der Waals surface area contributed by atoms with Crippen LogP contribution in [0.3, 0.4) is 0 Å². The van der Waals surface area contributed by atoms with Crippen LogP contribution in [0.2, 0.25) is 15.1 Å². The third-order valence-corrected chi connectivity index (χ3v) is 4.08. The number of ether oxygens (including phenoxy) is 2. The monoisotopic (exact) mass is 412 g/mol. The third kappa shape index (κ3) is 3.66. The molecule has 25 heavy (non-hydrogen) atoms. The van der Waals surface area contributed by atoms with Crippen molar-refractivity contribution in [2.75, 3.05) is 0 Å². The minimum Gasteiger partial charge on any atom is -0.474 e. The second-order valence-electron chi connectivity index (χ2n) is 5.03. The number of hydrogen-bond acceptors (Lipinski definition) is 2. The highest BCUT2D eigenvalue weighted by molar-refractivity contribution is 6.37. The predicted molar refractivity (Wildman–Crippen MR) is 87.5 cm³/mol. The van der Waals surface area contributed by atoms with E-state index in [-0.39, 0.29) is 37.9 Å². The molecule has 0 bridgehead atoms. The van der Waals surface area contributed by atoms with E-state index in [1.165, 1.54) is 12.1 Å². The maximum absolute atomic E-state index is 13.9. The maximum atomic E-state index is 13.9. The van der Waals surface area contributed by atoms with Gasteiger partial charge in [0.25, 0.3) is 0 Å². The lowest BCUT2D eigenvalue weighted by atomic mass is 10.1. The Kier molecular flexibility index (Phi) is 4.79. The Bertz CT molecular complexity index is 865. The van der Waals surface area contributed by atoms with E-state index in [2.05, 4.69) is 0 Å². The molecule has 2 nitrogen and oxygen atoms in total. The van der Waals surface area contributed by atoms with Crippen molar-refractivity contribution in [3.8, 4) is 17.2 Å². The van der Waals surface area contributed by atoms with Crippen molar-refractivity contribution in [3.05, 3.63) is 56.8 Å². The quantitative estimate of drug-likeness (QED) is 0.498. The first kappa shape index (κ1) is 18.2. The van der Waals surface area contributed by atoms with Crippen LogP contribution in [0.15, 0.2) is 30.3 Å². The molecule has 132 valence electrons. The number of rotatable bonds is 2. The van der Waals surface area contributed by atoms with Gasteiger partial charge in [0.1, 0.15) is 5.75 Å². The molecule has 1 aliphatic heterocycles. The van der Waals surface area contributed by atoms with Crippen molar-refractivity contribution in [1.82, 2.24) is 0 Å². The number of halogens is 7. The van der Waals surface area contributed by atoms with Crippen molar-refractivity contribution < 1.29 is 27.0 Å². The summed E-state index contributed by atoms with van der Waals surface area (Å²) in [5.74, 6) is -1.30. The van der Waals surface area contributed by atoms with E-state index in [9.17, 15) is 17.6 Å². The molecule has 1 atom stereocenters. The largest absolute Gasteiger partial charge is 0.474 e. The first-order valence-electron chi connectivity index (χ1n) is 6.73. The molecule has 9 heteroatoms. The lowest BCUT2D eigenvalue weighted by molar-refractivity contribution is -0.180. The zero-order chi connectivity index (χ0) is 18.4. The van der Waals surface area contributed by atoms with Gasteiger partial charge >= 0.3 is 6.18 Å². The molecule has 0 aromatic heterocycles. The van der Waals surface area contributed by atoms with E-state index >= 15 is 0 Å². The molecule has 0 N–H and O–H groups in total. The van der Waals surface area contributed by atoms with Gasteiger partial charge in [0.05, 0.1) is 15.6 Å². The Morgan fingerprint density at radius 3 is 2.40 bits per heavy atom. The second kappa shape index (κ2) is 6.59. The summed E-state index contributed by atoms with van der Waals surface area (Å²) in [5, 5.41) is 0.0182. The highest BCUT2D eigenvalue weighted by Gasteiger charge is 2.42. The van der Waals surface area contributed by atoms with Crippen LogP contribution in [0, 0.1) is 5.82 Å². The molecule has 2 aromatic carbocycles. The summed E-state index contributed by atoms with van der Waals surface area (Å²) in [4.78, 5) is 0. The van der Waals surface area contributed by atoms with Crippen LogP contribution in [0.1, 0.15) is 5.56 Å². The van der Waals surface area contributed by atoms with Gasteiger partial charge in [-0.2, -0.15) is 13.2 Å².